The number of para-hydroxylation sites is 2. The highest BCUT2D eigenvalue weighted by Gasteiger charge is 2.07. The molecule has 0 aromatic heterocycles. The van der Waals surface area contributed by atoms with Crippen molar-refractivity contribution in [2.45, 2.75) is 0 Å². The summed E-state index contributed by atoms with van der Waals surface area (Å²) in [5.74, 6) is 0.377. The van der Waals surface area contributed by atoms with Gasteiger partial charge in [0.25, 0.3) is 5.91 Å². The van der Waals surface area contributed by atoms with Crippen molar-refractivity contribution in [2.75, 3.05) is 12.4 Å². The molecule has 5 nitrogen and oxygen atoms in total. The number of benzene rings is 2. The molecule has 2 aromatic rings. The fourth-order valence-electron chi connectivity index (χ4n) is 1.69. The number of halogens is 1. The maximum Gasteiger partial charge on any atom is 0.269 e. The minimum atomic E-state index is -0.281. The molecule has 0 aliphatic carbocycles. The van der Waals surface area contributed by atoms with Crippen molar-refractivity contribution >= 4 is 44.9 Å². The first-order chi connectivity index (χ1) is 10.6. The maximum atomic E-state index is 11.9. The number of thiocarbonyl (C=S) groups is 1. The molecule has 2 aromatic carbocycles. The highest BCUT2D eigenvalue weighted by atomic mass is 79.9. The largest absolute Gasteiger partial charge is 0.495 e. The number of anilines is 1. The average molecular weight is 380 g/mol. The number of carbonyl (C=O) groups is 1. The van der Waals surface area contributed by atoms with Crippen molar-refractivity contribution in [1.29, 1.82) is 0 Å². The number of hydrogen-bond acceptors (Lipinski definition) is 3. The van der Waals surface area contributed by atoms with Gasteiger partial charge in [0.05, 0.1) is 12.8 Å². The molecule has 7 heteroatoms. The zero-order chi connectivity index (χ0) is 15.9. The van der Waals surface area contributed by atoms with E-state index in [0.29, 0.717) is 17.0 Å². The second kappa shape index (κ2) is 7.77. The van der Waals surface area contributed by atoms with Crippen LogP contribution in [0.3, 0.4) is 0 Å². The van der Waals surface area contributed by atoms with Crippen LogP contribution in [0.5, 0.6) is 5.75 Å². The molecule has 0 bridgehead atoms. The maximum absolute atomic E-state index is 11.9. The van der Waals surface area contributed by atoms with Gasteiger partial charge >= 0.3 is 0 Å². The van der Waals surface area contributed by atoms with Gasteiger partial charge in [-0.05, 0) is 48.6 Å². The Morgan fingerprint density at radius 1 is 1.09 bits per heavy atom. The van der Waals surface area contributed by atoms with Gasteiger partial charge in [0.15, 0.2) is 5.11 Å². The number of ether oxygens (including phenoxy) is 1. The molecule has 0 fully saturated rings. The van der Waals surface area contributed by atoms with E-state index < -0.39 is 0 Å². The lowest BCUT2D eigenvalue weighted by Crippen LogP contribution is -2.43. The quantitative estimate of drug-likeness (QED) is 0.564. The summed E-state index contributed by atoms with van der Waals surface area (Å²) in [4.78, 5) is 11.9. The van der Waals surface area contributed by atoms with Gasteiger partial charge < -0.3 is 10.1 Å². The van der Waals surface area contributed by atoms with Gasteiger partial charge in [-0.3, -0.25) is 15.6 Å². The summed E-state index contributed by atoms with van der Waals surface area (Å²) in [5.41, 5.74) is 6.41. The summed E-state index contributed by atoms with van der Waals surface area (Å²) in [6.45, 7) is 0. The number of rotatable bonds is 3. The van der Waals surface area contributed by atoms with E-state index in [1.165, 1.54) is 0 Å². The van der Waals surface area contributed by atoms with E-state index in [9.17, 15) is 4.79 Å². The lowest BCUT2D eigenvalue weighted by Gasteiger charge is -2.13. The molecular formula is C15H14BrN3O2S. The first-order valence-corrected chi connectivity index (χ1v) is 7.56. The molecule has 2 rings (SSSR count). The Kier molecular flexibility index (Phi) is 5.74. The van der Waals surface area contributed by atoms with Crippen molar-refractivity contribution in [3.63, 3.8) is 0 Å². The van der Waals surface area contributed by atoms with Crippen LogP contribution in [0.25, 0.3) is 0 Å². The third kappa shape index (κ3) is 4.44. The molecule has 1 amide bonds. The van der Waals surface area contributed by atoms with Crippen molar-refractivity contribution in [3.8, 4) is 5.75 Å². The Morgan fingerprint density at radius 3 is 2.45 bits per heavy atom. The van der Waals surface area contributed by atoms with Crippen LogP contribution >= 0.6 is 28.1 Å². The lowest BCUT2D eigenvalue weighted by molar-refractivity contribution is 0.0944. The molecular weight excluding hydrogens is 366 g/mol. The fourth-order valence-corrected chi connectivity index (χ4v) is 2.11. The molecule has 3 N–H and O–H groups in total. The van der Waals surface area contributed by atoms with E-state index >= 15 is 0 Å². The molecule has 0 atom stereocenters. The second-order valence-electron chi connectivity index (χ2n) is 4.24. The minimum Gasteiger partial charge on any atom is -0.495 e. The molecule has 0 aliphatic rings. The summed E-state index contributed by atoms with van der Waals surface area (Å²) >= 11 is 8.45. The van der Waals surface area contributed by atoms with Crippen molar-refractivity contribution in [1.82, 2.24) is 10.9 Å². The molecule has 22 heavy (non-hydrogen) atoms. The zero-order valence-corrected chi connectivity index (χ0v) is 14.1. The van der Waals surface area contributed by atoms with Crippen molar-refractivity contribution < 1.29 is 9.53 Å². The van der Waals surface area contributed by atoms with E-state index in [4.69, 9.17) is 17.0 Å². The summed E-state index contributed by atoms with van der Waals surface area (Å²) in [5, 5.41) is 3.21. The number of methoxy groups -OCH3 is 1. The summed E-state index contributed by atoms with van der Waals surface area (Å²) in [6, 6.07) is 14.3. The molecule has 0 aliphatic heterocycles. The SMILES string of the molecule is COc1ccccc1NC(=S)NNC(=O)c1ccc(Br)cc1. The Labute approximate surface area is 142 Å². The van der Waals surface area contributed by atoms with Gasteiger partial charge in [-0.2, -0.15) is 0 Å². The van der Waals surface area contributed by atoms with Gasteiger partial charge in [-0.15, -0.1) is 0 Å². The van der Waals surface area contributed by atoms with Gasteiger partial charge in [0.1, 0.15) is 5.75 Å². The van der Waals surface area contributed by atoms with E-state index in [1.54, 1.807) is 31.4 Å². The second-order valence-corrected chi connectivity index (χ2v) is 5.56. The Morgan fingerprint density at radius 2 is 1.77 bits per heavy atom. The molecule has 0 unspecified atom stereocenters. The first-order valence-electron chi connectivity index (χ1n) is 6.36. The Hall–Kier alpha value is -2.12. The van der Waals surface area contributed by atoms with Gasteiger partial charge in [-0.1, -0.05) is 28.1 Å². The van der Waals surface area contributed by atoms with Gasteiger partial charge in [0.2, 0.25) is 0 Å². The standard InChI is InChI=1S/C15H14BrN3O2S/c1-21-13-5-3-2-4-12(13)17-15(22)19-18-14(20)10-6-8-11(16)9-7-10/h2-9H,1H3,(H,18,20)(H2,17,19,22). The van der Waals surface area contributed by atoms with Crippen molar-refractivity contribution in [2.24, 2.45) is 0 Å². The summed E-state index contributed by atoms with van der Waals surface area (Å²) < 4.78 is 6.12. The summed E-state index contributed by atoms with van der Waals surface area (Å²) in [6.07, 6.45) is 0. The predicted molar refractivity (Wildman–Crippen MR) is 94.0 cm³/mol. The first kappa shape index (κ1) is 16.3. The molecule has 0 spiro atoms. The number of amides is 1. The molecule has 0 saturated carbocycles. The van der Waals surface area contributed by atoms with Crippen LogP contribution in [-0.4, -0.2) is 18.1 Å². The highest BCUT2D eigenvalue weighted by molar-refractivity contribution is 9.10. The third-order valence-electron chi connectivity index (χ3n) is 2.75. The average Bonchev–Trinajstić information content (AvgIpc) is 2.54. The normalized spacial score (nSPS) is 9.73. The Balaban J connectivity index is 1.90. The lowest BCUT2D eigenvalue weighted by atomic mass is 10.2. The topological polar surface area (TPSA) is 62.4 Å². The van der Waals surface area contributed by atoms with Crippen molar-refractivity contribution in [3.05, 3.63) is 58.6 Å². The van der Waals surface area contributed by atoms with Crippen LogP contribution in [0.15, 0.2) is 53.0 Å². The van der Waals surface area contributed by atoms with E-state index in [2.05, 4.69) is 32.1 Å². The number of hydrazine groups is 1. The fraction of sp³-hybridized carbons (Fsp3) is 0.0667. The van der Waals surface area contributed by atoms with E-state index in [-0.39, 0.29) is 11.0 Å². The minimum absolute atomic E-state index is 0.259. The summed E-state index contributed by atoms with van der Waals surface area (Å²) in [7, 11) is 1.58. The molecule has 0 radical (unpaired) electrons. The van der Waals surface area contributed by atoms with Crippen LogP contribution in [0.1, 0.15) is 10.4 Å². The third-order valence-corrected chi connectivity index (χ3v) is 3.48. The van der Waals surface area contributed by atoms with Crippen LogP contribution in [0, 0.1) is 0 Å². The monoisotopic (exact) mass is 379 g/mol. The van der Waals surface area contributed by atoms with Crippen LogP contribution in [-0.2, 0) is 0 Å². The molecule has 0 saturated heterocycles. The van der Waals surface area contributed by atoms with Crippen LogP contribution in [0.4, 0.5) is 5.69 Å². The van der Waals surface area contributed by atoms with Crippen LogP contribution in [0.2, 0.25) is 0 Å². The predicted octanol–water partition coefficient (Wildman–Crippen LogP) is 3.09. The smallest absolute Gasteiger partial charge is 0.269 e. The highest BCUT2D eigenvalue weighted by Crippen LogP contribution is 2.22. The van der Waals surface area contributed by atoms with E-state index in [0.717, 1.165) is 4.47 Å². The number of hydrogen-bond donors (Lipinski definition) is 3. The van der Waals surface area contributed by atoms with Gasteiger partial charge in [0, 0.05) is 10.0 Å². The Bertz CT molecular complexity index is 677. The molecule has 0 heterocycles. The number of carbonyl (C=O) groups excluding carboxylic acids is 1. The van der Waals surface area contributed by atoms with E-state index in [1.807, 2.05) is 24.3 Å². The number of nitrogens with one attached hydrogen (secondary N) is 3. The zero-order valence-electron chi connectivity index (χ0n) is 11.7. The van der Waals surface area contributed by atoms with Gasteiger partial charge in [-0.25, -0.2) is 0 Å². The van der Waals surface area contributed by atoms with Crippen LogP contribution < -0.4 is 20.9 Å². The molecule has 114 valence electrons.